The number of rotatable bonds is 9. The third-order valence-electron chi connectivity index (χ3n) is 4.31. The number of methoxy groups -OCH3 is 2. The van der Waals surface area contributed by atoms with Gasteiger partial charge in [0.05, 0.1) is 33.5 Å². The summed E-state index contributed by atoms with van der Waals surface area (Å²) in [5.41, 5.74) is 0.440. The molecule has 0 saturated carbocycles. The molecular weight excluding hydrogens is 408 g/mol. The number of ether oxygens (including phenoxy) is 2. The smallest absolute Gasteiger partial charge is 0.327 e. The molecule has 158 valence electrons. The van der Waals surface area contributed by atoms with Gasteiger partial charge >= 0.3 is 5.97 Å². The number of hydrogen-bond acceptors (Lipinski definition) is 8. The standard InChI is InChI=1S/C20H22N4O5S/c1-28-16-6-5-13(10-15(16)25)19(20(27)29-2)21-11-18(26)23-17-7-8-22-24(17)12-14-4-3-9-30-14/h3-10,19,21,25H,11-12H2,1-2H3,(H,23,26)/t19-/m1/s1. The normalized spacial score (nSPS) is 11.7. The molecule has 10 heteroatoms. The number of benzene rings is 1. The van der Waals surface area contributed by atoms with Gasteiger partial charge in [-0.1, -0.05) is 12.1 Å². The molecule has 2 heterocycles. The molecule has 3 N–H and O–H groups in total. The number of carbonyl (C=O) groups is 2. The van der Waals surface area contributed by atoms with Crippen molar-refractivity contribution in [3.63, 3.8) is 0 Å². The van der Waals surface area contributed by atoms with Crippen LogP contribution >= 0.6 is 11.3 Å². The predicted molar refractivity (Wildman–Crippen MR) is 112 cm³/mol. The van der Waals surface area contributed by atoms with E-state index >= 15 is 0 Å². The minimum Gasteiger partial charge on any atom is -0.504 e. The summed E-state index contributed by atoms with van der Waals surface area (Å²) in [7, 11) is 2.68. The lowest BCUT2D eigenvalue weighted by Gasteiger charge is -2.17. The van der Waals surface area contributed by atoms with Gasteiger partial charge in [-0.3, -0.25) is 10.1 Å². The first-order chi connectivity index (χ1) is 14.5. The molecule has 30 heavy (non-hydrogen) atoms. The third-order valence-corrected chi connectivity index (χ3v) is 5.17. The highest BCUT2D eigenvalue weighted by molar-refractivity contribution is 7.09. The van der Waals surface area contributed by atoms with Crippen molar-refractivity contribution < 1.29 is 24.2 Å². The predicted octanol–water partition coefficient (Wildman–Crippen LogP) is 2.15. The number of thiophene rings is 1. The molecule has 3 rings (SSSR count). The summed E-state index contributed by atoms with van der Waals surface area (Å²) in [6.07, 6.45) is 1.61. The van der Waals surface area contributed by atoms with E-state index in [-0.39, 0.29) is 24.0 Å². The lowest BCUT2D eigenvalue weighted by atomic mass is 10.1. The van der Waals surface area contributed by atoms with E-state index in [9.17, 15) is 14.7 Å². The lowest BCUT2D eigenvalue weighted by Crippen LogP contribution is -2.36. The number of anilines is 1. The first-order valence-electron chi connectivity index (χ1n) is 9.04. The fourth-order valence-corrected chi connectivity index (χ4v) is 3.52. The number of carbonyl (C=O) groups excluding carboxylic acids is 2. The average molecular weight is 430 g/mol. The Morgan fingerprint density at radius 2 is 2.10 bits per heavy atom. The van der Waals surface area contributed by atoms with Crippen LogP contribution in [0.2, 0.25) is 0 Å². The Hall–Kier alpha value is -3.37. The molecule has 3 aromatic rings. The highest BCUT2D eigenvalue weighted by atomic mass is 32.1. The Kier molecular flexibility index (Phi) is 7.04. The molecule has 1 atom stereocenters. The molecule has 0 aliphatic carbocycles. The van der Waals surface area contributed by atoms with Crippen LogP contribution in [0.4, 0.5) is 5.82 Å². The second-order valence-electron chi connectivity index (χ2n) is 6.27. The second-order valence-corrected chi connectivity index (χ2v) is 7.30. The van der Waals surface area contributed by atoms with Crippen molar-refractivity contribution in [2.75, 3.05) is 26.1 Å². The molecule has 0 radical (unpaired) electrons. The van der Waals surface area contributed by atoms with Gasteiger partial charge in [0.15, 0.2) is 11.5 Å². The summed E-state index contributed by atoms with van der Waals surface area (Å²) in [6.45, 7) is 0.389. The fraction of sp³-hybridized carbons (Fsp3) is 0.250. The van der Waals surface area contributed by atoms with Crippen molar-refractivity contribution in [1.82, 2.24) is 15.1 Å². The largest absolute Gasteiger partial charge is 0.504 e. The second kappa shape index (κ2) is 9.90. The van der Waals surface area contributed by atoms with Gasteiger partial charge < -0.3 is 19.9 Å². The number of phenolic OH excluding ortho intramolecular Hbond substituents is 1. The van der Waals surface area contributed by atoms with Crippen LogP contribution in [-0.4, -0.2) is 47.5 Å². The highest BCUT2D eigenvalue weighted by Crippen LogP contribution is 2.29. The van der Waals surface area contributed by atoms with Crippen LogP contribution in [0.25, 0.3) is 0 Å². The topological polar surface area (TPSA) is 115 Å². The van der Waals surface area contributed by atoms with Crippen LogP contribution in [0.3, 0.4) is 0 Å². The summed E-state index contributed by atoms with van der Waals surface area (Å²) in [6, 6.07) is 9.24. The number of aromatic hydroxyl groups is 1. The van der Waals surface area contributed by atoms with Crippen molar-refractivity contribution in [1.29, 1.82) is 0 Å². The number of nitrogens with zero attached hydrogens (tertiary/aromatic N) is 2. The van der Waals surface area contributed by atoms with E-state index in [4.69, 9.17) is 9.47 Å². The summed E-state index contributed by atoms with van der Waals surface area (Å²) in [5, 5.41) is 21.8. The van der Waals surface area contributed by atoms with Gasteiger partial charge in [-0.25, -0.2) is 9.48 Å². The Morgan fingerprint density at radius 1 is 1.27 bits per heavy atom. The molecule has 0 fully saturated rings. The molecule has 9 nitrogen and oxygen atoms in total. The molecule has 0 saturated heterocycles. The monoisotopic (exact) mass is 430 g/mol. The van der Waals surface area contributed by atoms with Crippen LogP contribution in [0.5, 0.6) is 11.5 Å². The zero-order chi connectivity index (χ0) is 21.5. The summed E-state index contributed by atoms with van der Waals surface area (Å²) in [4.78, 5) is 25.8. The first-order valence-corrected chi connectivity index (χ1v) is 9.92. The third kappa shape index (κ3) is 5.16. The Labute approximate surface area is 177 Å². The summed E-state index contributed by atoms with van der Waals surface area (Å²) in [5.74, 6) is -0.233. The average Bonchev–Trinajstić information content (AvgIpc) is 3.41. The number of hydrogen-bond donors (Lipinski definition) is 3. The van der Waals surface area contributed by atoms with Crippen LogP contribution < -0.4 is 15.4 Å². The molecule has 0 unspecified atom stereocenters. The van der Waals surface area contributed by atoms with E-state index in [0.717, 1.165) is 4.88 Å². The van der Waals surface area contributed by atoms with E-state index in [0.29, 0.717) is 17.9 Å². The van der Waals surface area contributed by atoms with Gasteiger partial charge in [0.25, 0.3) is 0 Å². The van der Waals surface area contributed by atoms with Gasteiger partial charge in [0.2, 0.25) is 5.91 Å². The molecule has 0 aliphatic heterocycles. The van der Waals surface area contributed by atoms with Gasteiger partial charge in [-0.2, -0.15) is 5.10 Å². The van der Waals surface area contributed by atoms with E-state index in [2.05, 4.69) is 15.7 Å². The van der Waals surface area contributed by atoms with Crippen LogP contribution in [0.15, 0.2) is 48.0 Å². The highest BCUT2D eigenvalue weighted by Gasteiger charge is 2.23. The Balaban J connectivity index is 1.65. The van der Waals surface area contributed by atoms with Gasteiger partial charge in [0, 0.05) is 10.9 Å². The SMILES string of the molecule is COC(=O)[C@H](NCC(=O)Nc1ccnn1Cc1cccs1)c1ccc(OC)c(O)c1. The van der Waals surface area contributed by atoms with E-state index in [1.807, 2.05) is 17.5 Å². The number of amides is 1. The minimum absolute atomic E-state index is 0.118. The van der Waals surface area contributed by atoms with E-state index in [1.54, 1.807) is 34.3 Å². The van der Waals surface area contributed by atoms with Crippen molar-refractivity contribution in [3.05, 3.63) is 58.4 Å². The van der Waals surface area contributed by atoms with Crippen LogP contribution in [-0.2, 0) is 20.9 Å². The maximum Gasteiger partial charge on any atom is 0.327 e. The quantitative estimate of drug-likeness (QED) is 0.446. The van der Waals surface area contributed by atoms with Crippen molar-refractivity contribution in [2.24, 2.45) is 0 Å². The zero-order valence-electron chi connectivity index (χ0n) is 16.5. The first kappa shape index (κ1) is 21.3. The van der Waals surface area contributed by atoms with E-state index < -0.39 is 12.0 Å². The molecule has 0 bridgehead atoms. The molecule has 0 aliphatic rings. The molecular formula is C20H22N4O5S. The Bertz CT molecular complexity index is 1000. The Morgan fingerprint density at radius 3 is 2.77 bits per heavy atom. The number of nitrogens with one attached hydrogen (secondary N) is 2. The number of phenols is 1. The molecule has 2 aromatic heterocycles. The molecule has 1 aromatic carbocycles. The number of esters is 1. The minimum atomic E-state index is -0.936. The summed E-state index contributed by atoms with van der Waals surface area (Å²) < 4.78 is 11.5. The zero-order valence-corrected chi connectivity index (χ0v) is 17.3. The van der Waals surface area contributed by atoms with Crippen molar-refractivity contribution in [2.45, 2.75) is 12.6 Å². The maximum absolute atomic E-state index is 12.4. The van der Waals surface area contributed by atoms with Crippen molar-refractivity contribution in [3.8, 4) is 11.5 Å². The maximum atomic E-state index is 12.4. The van der Waals surface area contributed by atoms with Gasteiger partial charge in [0.1, 0.15) is 11.9 Å². The number of aromatic nitrogens is 2. The summed E-state index contributed by atoms with van der Waals surface area (Å²) >= 11 is 1.60. The van der Waals surface area contributed by atoms with E-state index in [1.165, 1.54) is 26.4 Å². The molecule has 1 amide bonds. The van der Waals surface area contributed by atoms with Crippen LogP contribution in [0, 0.1) is 0 Å². The fourth-order valence-electron chi connectivity index (χ4n) is 2.84. The van der Waals surface area contributed by atoms with Crippen LogP contribution in [0.1, 0.15) is 16.5 Å². The lowest BCUT2D eigenvalue weighted by molar-refractivity contribution is -0.143. The van der Waals surface area contributed by atoms with Gasteiger partial charge in [-0.05, 0) is 29.1 Å². The van der Waals surface area contributed by atoms with Crippen molar-refractivity contribution >= 4 is 29.0 Å². The molecule has 0 spiro atoms. The van der Waals surface area contributed by atoms with Gasteiger partial charge in [-0.15, -0.1) is 11.3 Å².